The van der Waals surface area contributed by atoms with Crippen LogP contribution in [0.2, 0.25) is 0 Å². The van der Waals surface area contributed by atoms with Crippen LogP contribution in [0.15, 0.2) is 12.1 Å². The van der Waals surface area contributed by atoms with E-state index in [2.05, 4.69) is 5.32 Å². The molecule has 0 aliphatic heterocycles. The van der Waals surface area contributed by atoms with Crippen LogP contribution in [0.25, 0.3) is 0 Å². The van der Waals surface area contributed by atoms with Gasteiger partial charge in [-0.25, -0.2) is 9.59 Å². The Morgan fingerprint density at radius 1 is 1.17 bits per heavy atom. The average Bonchev–Trinajstić information content (AvgIpc) is 2.45. The number of alkyl carbamates (subject to hydrolysis) is 1. The third kappa shape index (κ3) is 5.64. The third-order valence-electron chi connectivity index (χ3n) is 3.21. The summed E-state index contributed by atoms with van der Waals surface area (Å²) in [6.45, 7) is 6.97. The second-order valence-electron chi connectivity index (χ2n) is 6.37. The first-order chi connectivity index (χ1) is 11.1. The van der Waals surface area contributed by atoms with Crippen LogP contribution in [-0.2, 0) is 16.0 Å². The first-order valence-corrected chi connectivity index (χ1v) is 7.51. The number of hydrogen-bond acceptors (Lipinski definition) is 5. The van der Waals surface area contributed by atoms with E-state index in [1.54, 1.807) is 32.9 Å². The zero-order valence-electron chi connectivity index (χ0n) is 14.9. The van der Waals surface area contributed by atoms with Crippen molar-refractivity contribution in [3.63, 3.8) is 0 Å². The Hall–Kier alpha value is -2.44. The lowest BCUT2D eigenvalue weighted by Gasteiger charge is -2.22. The fourth-order valence-corrected chi connectivity index (χ4v) is 2.14. The smallest absolute Gasteiger partial charge is 0.408 e. The van der Waals surface area contributed by atoms with Gasteiger partial charge in [0, 0.05) is 12.0 Å². The summed E-state index contributed by atoms with van der Waals surface area (Å²) in [5.41, 5.74) is 0.770. The number of carbonyl (C=O) groups excluding carboxylic acids is 1. The maximum Gasteiger partial charge on any atom is 0.408 e. The van der Waals surface area contributed by atoms with E-state index >= 15 is 0 Å². The molecule has 1 amide bonds. The highest BCUT2D eigenvalue weighted by molar-refractivity contribution is 5.80. The molecule has 7 nitrogen and oxygen atoms in total. The fourth-order valence-electron chi connectivity index (χ4n) is 2.14. The number of nitrogens with one attached hydrogen (secondary N) is 1. The molecule has 0 saturated heterocycles. The van der Waals surface area contributed by atoms with E-state index in [-0.39, 0.29) is 6.42 Å². The number of carboxylic acids is 1. The number of aryl methyl sites for hydroxylation is 1. The summed E-state index contributed by atoms with van der Waals surface area (Å²) in [4.78, 5) is 23.3. The van der Waals surface area contributed by atoms with Crippen molar-refractivity contribution in [3.05, 3.63) is 23.3 Å². The molecule has 1 rings (SSSR count). The molecule has 24 heavy (non-hydrogen) atoms. The molecule has 0 fully saturated rings. The van der Waals surface area contributed by atoms with Gasteiger partial charge in [0.2, 0.25) is 0 Å². The molecule has 0 unspecified atom stereocenters. The molecule has 0 bridgehead atoms. The normalized spacial score (nSPS) is 12.2. The van der Waals surface area contributed by atoms with Gasteiger partial charge in [0.25, 0.3) is 0 Å². The topological polar surface area (TPSA) is 94.1 Å². The second-order valence-corrected chi connectivity index (χ2v) is 6.37. The van der Waals surface area contributed by atoms with Crippen molar-refractivity contribution in [3.8, 4) is 11.5 Å². The number of benzene rings is 1. The van der Waals surface area contributed by atoms with Crippen molar-refractivity contribution < 1.29 is 28.9 Å². The predicted octanol–water partition coefficient (Wildman–Crippen LogP) is 2.53. The number of hydrogen-bond donors (Lipinski definition) is 2. The first-order valence-electron chi connectivity index (χ1n) is 7.51. The van der Waals surface area contributed by atoms with Gasteiger partial charge in [-0.1, -0.05) is 0 Å². The summed E-state index contributed by atoms with van der Waals surface area (Å²) in [6, 6.07) is 2.32. The van der Waals surface area contributed by atoms with E-state index in [1.165, 1.54) is 14.2 Å². The van der Waals surface area contributed by atoms with Gasteiger partial charge in [0.15, 0.2) is 0 Å². The van der Waals surface area contributed by atoms with Crippen LogP contribution in [0.4, 0.5) is 4.79 Å². The number of amides is 1. The molecule has 0 aliphatic rings. The number of methoxy groups -OCH3 is 2. The maximum atomic E-state index is 11.8. The molecule has 1 atom stereocenters. The molecule has 1 aromatic carbocycles. The number of carboxylic acid groups (broad SMARTS) is 1. The van der Waals surface area contributed by atoms with Crippen molar-refractivity contribution in [1.29, 1.82) is 0 Å². The Bertz CT molecular complexity index is 606. The van der Waals surface area contributed by atoms with Crippen molar-refractivity contribution in [2.24, 2.45) is 0 Å². The van der Waals surface area contributed by atoms with Crippen LogP contribution in [0, 0.1) is 6.92 Å². The van der Waals surface area contributed by atoms with Gasteiger partial charge in [-0.05, 0) is 45.4 Å². The monoisotopic (exact) mass is 339 g/mol. The van der Waals surface area contributed by atoms with Gasteiger partial charge in [-0.3, -0.25) is 0 Å². The van der Waals surface area contributed by atoms with E-state index in [0.717, 1.165) is 5.56 Å². The third-order valence-corrected chi connectivity index (χ3v) is 3.21. The SMILES string of the molecule is COc1cc(C[C@H](NC(=O)OC(C)(C)C)C(=O)O)c(OC)cc1C. The van der Waals surface area contributed by atoms with Gasteiger partial charge >= 0.3 is 12.1 Å². The molecule has 0 aliphatic carbocycles. The van der Waals surface area contributed by atoms with Crippen LogP contribution in [0.3, 0.4) is 0 Å². The minimum atomic E-state index is -1.16. The van der Waals surface area contributed by atoms with Gasteiger partial charge in [0.1, 0.15) is 23.1 Å². The lowest BCUT2D eigenvalue weighted by Crippen LogP contribution is -2.44. The van der Waals surface area contributed by atoms with Crippen LogP contribution in [0.1, 0.15) is 31.9 Å². The Kier molecular flexibility index (Phi) is 6.45. The molecular weight excluding hydrogens is 314 g/mol. The lowest BCUT2D eigenvalue weighted by molar-refractivity contribution is -0.139. The van der Waals surface area contributed by atoms with Gasteiger partial charge in [-0.2, -0.15) is 0 Å². The Labute approximate surface area is 141 Å². The standard InChI is InChI=1S/C17H25NO6/c1-10-7-14(23-6)11(9-13(10)22-5)8-12(15(19)20)18-16(21)24-17(2,3)4/h7,9,12H,8H2,1-6H3,(H,18,21)(H,19,20)/t12-/m0/s1. The fraction of sp³-hybridized carbons (Fsp3) is 0.529. The molecular formula is C17H25NO6. The van der Waals surface area contributed by atoms with Crippen LogP contribution in [-0.4, -0.2) is 43.0 Å². The summed E-state index contributed by atoms with van der Waals surface area (Å²) in [7, 11) is 3.04. The molecule has 0 aromatic heterocycles. The minimum absolute atomic E-state index is 0.0361. The zero-order valence-corrected chi connectivity index (χ0v) is 14.9. The van der Waals surface area contributed by atoms with Crippen LogP contribution >= 0.6 is 0 Å². The molecule has 7 heteroatoms. The first kappa shape index (κ1) is 19.6. The molecule has 1 aromatic rings. The van der Waals surface area contributed by atoms with Crippen molar-refractivity contribution in [2.45, 2.75) is 45.8 Å². The van der Waals surface area contributed by atoms with Crippen LogP contribution in [0.5, 0.6) is 11.5 Å². The van der Waals surface area contributed by atoms with Crippen molar-refractivity contribution in [1.82, 2.24) is 5.32 Å². The minimum Gasteiger partial charge on any atom is -0.496 e. The number of rotatable bonds is 6. The summed E-state index contributed by atoms with van der Waals surface area (Å²) in [5.74, 6) is -0.0137. The summed E-state index contributed by atoms with van der Waals surface area (Å²) < 4.78 is 15.7. The van der Waals surface area contributed by atoms with Gasteiger partial charge in [0.05, 0.1) is 14.2 Å². The maximum absolute atomic E-state index is 11.8. The van der Waals surface area contributed by atoms with E-state index in [0.29, 0.717) is 17.1 Å². The van der Waals surface area contributed by atoms with Crippen molar-refractivity contribution in [2.75, 3.05) is 14.2 Å². The average molecular weight is 339 g/mol. The van der Waals surface area contributed by atoms with E-state index in [4.69, 9.17) is 14.2 Å². The Balaban J connectivity index is 3.00. The summed E-state index contributed by atoms with van der Waals surface area (Å²) in [5, 5.41) is 11.8. The molecule has 0 radical (unpaired) electrons. The van der Waals surface area contributed by atoms with Gasteiger partial charge < -0.3 is 24.6 Å². The lowest BCUT2D eigenvalue weighted by atomic mass is 10.0. The van der Waals surface area contributed by atoms with E-state index in [1.807, 2.05) is 6.92 Å². The molecule has 0 saturated carbocycles. The highest BCUT2D eigenvalue weighted by Crippen LogP contribution is 2.29. The molecule has 0 spiro atoms. The zero-order chi connectivity index (χ0) is 18.5. The quantitative estimate of drug-likeness (QED) is 0.827. The van der Waals surface area contributed by atoms with E-state index in [9.17, 15) is 14.7 Å². The van der Waals surface area contributed by atoms with E-state index < -0.39 is 23.7 Å². The van der Waals surface area contributed by atoms with Crippen molar-refractivity contribution >= 4 is 12.1 Å². The molecule has 134 valence electrons. The summed E-state index contributed by atoms with van der Waals surface area (Å²) in [6.07, 6.45) is -0.748. The number of aliphatic carboxylic acids is 1. The molecule has 2 N–H and O–H groups in total. The highest BCUT2D eigenvalue weighted by Gasteiger charge is 2.25. The number of ether oxygens (including phenoxy) is 3. The summed E-state index contributed by atoms with van der Waals surface area (Å²) >= 11 is 0. The second kappa shape index (κ2) is 7.90. The van der Waals surface area contributed by atoms with Crippen LogP contribution < -0.4 is 14.8 Å². The number of carbonyl (C=O) groups is 2. The highest BCUT2D eigenvalue weighted by atomic mass is 16.6. The Morgan fingerprint density at radius 3 is 2.21 bits per heavy atom. The Morgan fingerprint density at radius 2 is 1.75 bits per heavy atom. The predicted molar refractivity (Wildman–Crippen MR) is 88.8 cm³/mol. The largest absolute Gasteiger partial charge is 0.496 e. The molecule has 0 heterocycles. The van der Waals surface area contributed by atoms with Gasteiger partial charge in [-0.15, -0.1) is 0 Å².